The third kappa shape index (κ3) is 4.53. The minimum Gasteiger partial charge on any atom is -0.325 e. The molecule has 138 valence electrons. The Bertz CT molecular complexity index is 1030. The van der Waals surface area contributed by atoms with Crippen molar-refractivity contribution in [2.75, 3.05) is 10.6 Å². The Kier molecular flexibility index (Phi) is 5.58. The molecule has 0 aliphatic heterocycles. The molecule has 0 bridgehead atoms. The van der Waals surface area contributed by atoms with Gasteiger partial charge >= 0.3 is 0 Å². The fraction of sp³-hybridized carbons (Fsp3) is 0.150. The van der Waals surface area contributed by atoms with Crippen molar-refractivity contribution in [2.45, 2.75) is 20.8 Å². The number of aromatic nitrogens is 1. The second-order valence-corrected chi connectivity index (χ2v) is 7.64. The van der Waals surface area contributed by atoms with Crippen molar-refractivity contribution in [1.82, 2.24) is 4.98 Å². The van der Waals surface area contributed by atoms with Gasteiger partial charge in [0.15, 0.2) is 0 Å². The number of thiazole rings is 1. The number of hydrogen-bond donors (Lipinski definition) is 2. The van der Waals surface area contributed by atoms with Crippen LogP contribution >= 0.6 is 22.9 Å². The lowest BCUT2D eigenvalue weighted by Crippen LogP contribution is -2.14. The maximum atomic E-state index is 12.7. The van der Waals surface area contributed by atoms with E-state index in [9.17, 15) is 9.59 Å². The normalized spacial score (nSPS) is 10.5. The van der Waals surface area contributed by atoms with Gasteiger partial charge in [0.25, 0.3) is 5.91 Å². The molecule has 0 unspecified atom stereocenters. The maximum Gasteiger partial charge on any atom is 0.267 e. The van der Waals surface area contributed by atoms with Crippen LogP contribution in [-0.4, -0.2) is 16.8 Å². The first-order valence-electron chi connectivity index (χ1n) is 8.25. The number of rotatable bonds is 4. The number of carbonyl (C=O) groups excluding carboxylic acids is 2. The molecule has 2 aromatic carbocycles. The summed E-state index contributed by atoms with van der Waals surface area (Å²) in [7, 11) is 0. The Morgan fingerprint density at radius 1 is 1.04 bits per heavy atom. The molecule has 1 heterocycles. The highest BCUT2D eigenvalue weighted by molar-refractivity contribution is 7.17. The van der Waals surface area contributed by atoms with Crippen molar-refractivity contribution >= 4 is 46.1 Å². The Hall–Kier alpha value is -2.70. The molecular weight excluding hydrogens is 382 g/mol. The Morgan fingerprint density at radius 3 is 2.52 bits per heavy atom. The number of benzene rings is 2. The van der Waals surface area contributed by atoms with E-state index in [-0.39, 0.29) is 11.8 Å². The zero-order chi connectivity index (χ0) is 19.6. The van der Waals surface area contributed by atoms with E-state index in [2.05, 4.69) is 21.7 Å². The van der Waals surface area contributed by atoms with Gasteiger partial charge in [-0.25, -0.2) is 4.98 Å². The van der Waals surface area contributed by atoms with Crippen molar-refractivity contribution in [3.05, 3.63) is 63.6 Å². The predicted octanol–water partition coefficient (Wildman–Crippen LogP) is 5.29. The molecule has 1 aromatic heterocycles. The van der Waals surface area contributed by atoms with Crippen molar-refractivity contribution in [3.63, 3.8) is 0 Å². The van der Waals surface area contributed by atoms with Gasteiger partial charge in [-0.05, 0) is 37.6 Å². The van der Waals surface area contributed by atoms with Crippen LogP contribution in [0.5, 0.6) is 0 Å². The zero-order valence-electron chi connectivity index (χ0n) is 15.1. The number of hydrogen-bond acceptors (Lipinski definition) is 4. The largest absolute Gasteiger partial charge is 0.325 e. The Labute approximate surface area is 166 Å². The van der Waals surface area contributed by atoms with Crippen molar-refractivity contribution < 1.29 is 9.59 Å². The maximum absolute atomic E-state index is 12.7. The van der Waals surface area contributed by atoms with Crippen LogP contribution in [0.1, 0.15) is 27.7 Å². The van der Waals surface area contributed by atoms with Gasteiger partial charge in [-0.1, -0.05) is 35.4 Å². The molecule has 0 fully saturated rings. The lowest BCUT2D eigenvalue weighted by molar-refractivity contribution is -0.114. The Morgan fingerprint density at radius 2 is 1.81 bits per heavy atom. The van der Waals surface area contributed by atoms with Crippen LogP contribution < -0.4 is 10.6 Å². The molecule has 0 aliphatic carbocycles. The SMILES string of the molecule is CC(=O)Nc1ccc(Cl)cc1NC(=O)c1cnc(-c2ccc(C)cc2C)s1. The van der Waals surface area contributed by atoms with Crippen LogP contribution in [0.25, 0.3) is 10.6 Å². The number of anilines is 2. The van der Waals surface area contributed by atoms with Gasteiger partial charge in [-0.2, -0.15) is 0 Å². The van der Waals surface area contributed by atoms with E-state index in [0.29, 0.717) is 21.3 Å². The van der Waals surface area contributed by atoms with Gasteiger partial charge in [0.05, 0.1) is 17.6 Å². The fourth-order valence-corrected chi connectivity index (χ4v) is 3.73. The summed E-state index contributed by atoms with van der Waals surface area (Å²) in [6, 6.07) is 11.0. The van der Waals surface area contributed by atoms with Crippen LogP contribution in [0.15, 0.2) is 42.6 Å². The molecule has 2 amide bonds. The van der Waals surface area contributed by atoms with E-state index in [1.54, 1.807) is 24.4 Å². The highest BCUT2D eigenvalue weighted by Crippen LogP contribution is 2.30. The summed E-state index contributed by atoms with van der Waals surface area (Å²) in [6.45, 7) is 5.46. The molecule has 3 aromatic rings. The minimum absolute atomic E-state index is 0.234. The summed E-state index contributed by atoms with van der Waals surface area (Å²) < 4.78 is 0. The summed E-state index contributed by atoms with van der Waals surface area (Å²) in [4.78, 5) is 28.9. The van der Waals surface area contributed by atoms with Crippen LogP contribution in [0, 0.1) is 13.8 Å². The second kappa shape index (κ2) is 7.90. The highest BCUT2D eigenvalue weighted by atomic mass is 35.5. The molecule has 2 N–H and O–H groups in total. The van der Waals surface area contributed by atoms with Crippen LogP contribution in [0.4, 0.5) is 11.4 Å². The molecule has 0 radical (unpaired) electrons. The predicted molar refractivity (Wildman–Crippen MR) is 111 cm³/mol. The number of nitrogens with zero attached hydrogens (tertiary/aromatic N) is 1. The first-order valence-corrected chi connectivity index (χ1v) is 9.45. The summed E-state index contributed by atoms with van der Waals surface area (Å²) in [6.07, 6.45) is 1.55. The number of halogens is 1. The smallest absolute Gasteiger partial charge is 0.267 e. The van der Waals surface area contributed by atoms with Crippen LogP contribution in [0.3, 0.4) is 0 Å². The van der Waals surface area contributed by atoms with Gasteiger partial charge in [0, 0.05) is 17.5 Å². The van der Waals surface area contributed by atoms with Gasteiger partial charge in [0.1, 0.15) is 9.88 Å². The molecule has 7 heteroatoms. The van der Waals surface area contributed by atoms with E-state index in [1.165, 1.54) is 23.8 Å². The van der Waals surface area contributed by atoms with Crippen LogP contribution in [-0.2, 0) is 4.79 Å². The molecule has 3 rings (SSSR count). The van der Waals surface area contributed by atoms with Crippen LogP contribution in [0.2, 0.25) is 5.02 Å². The summed E-state index contributed by atoms with van der Waals surface area (Å²) in [5.74, 6) is -0.542. The molecule has 0 atom stereocenters. The number of nitrogens with one attached hydrogen (secondary N) is 2. The molecule has 5 nitrogen and oxygen atoms in total. The quantitative estimate of drug-likeness (QED) is 0.626. The lowest BCUT2D eigenvalue weighted by Gasteiger charge is -2.11. The molecular formula is C20H18ClN3O2S. The Balaban J connectivity index is 1.85. The van der Waals surface area contributed by atoms with Gasteiger partial charge in [-0.3, -0.25) is 9.59 Å². The average Bonchev–Trinajstić information content (AvgIpc) is 3.07. The van der Waals surface area contributed by atoms with Crippen molar-refractivity contribution in [2.24, 2.45) is 0 Å². The minimum atomic E-state index is -0.308. The zero-order valence-corrected chi connectivity index (χ0v) is 16.7. The second-order valence-electron chi connectivity index (χ2n) is 6.17. The lowest BCUT2D eigenvalue weighted by atomic mass is 10.1. The third-order valence-electron chi connectivity index (χ3n) is 3.88. The van der Waals surface area contributed by atoms with E-state index in [4.69, 9.17) is 11.6 Å². The van der Waals surface area contributed by atoms with Crippen molar-refractivity contribution in [3.8, 4) is 10.6 Å². The monoisotopic (exact) mass is 399 g/mol. The number of amides is 2. The summed E-state index contributed by atoms with van der Waals surface area (Å²) in [5, 5.41) is 6.71. The van der Waals surface area contributed by atoms with Gasteiger partial charge < -0.3 is 10.6 Å². The molecule has 0 saturated heterocycles. The topological polar surface area (TPSA) is 71.1 Å². The molecule has 27 heavy (non-hydrogen) atoms. The van der Waals surface area contributed by atoms with E-state index in [0.717, 1.165) is 16.1 Å². The average molecular weight is 400 g/mol. The standard InChI is InChI=1S/C20H18ClN3O2S/c1-11-4-6-15(12(2)8-11)20-22-10-18(27-20)19(26)24-17-9-14(21)5-7-16(17)23-13(3)25/h4-10H,1-3H3,(H,23,25)(H,24,26). The molecule has 0 aliphatic rings. The summed E-state index contributed by atoms with van der Waals surface area (Å²) >= 11 is 7.34. The highest BCUT2D eigenvalue weighted by Gasteiger charge is 2.15. The van der Waals surface area contributed by atoms with E-state index < -0.39 is 0 Å². The fourth-order valence-electron chi connectivity index (χ4n) is 2.66. The van der Waals surface area contributed by atoms with E-state index in [1.807, 2.05) is 26.0 Å². The van der Waals surface area contributed by atoms with E-state index >= 15 is 0 Å². The first-order chi connectivity index (χ1) is 12.8. The van der Waals surface area contributed by atoms with Crippen molar-refractivity contribution in [1.29, 1.82) is 0 Å². The summed E-state index contributed by atoms with van der Waals surface area (Å²) in [5.41, 5.74) is 4.21. The number of carbonyl (C=O) groups is 2. The molecule has 0 saturated carbocycles. The molecule has 0 spiro atoms. The van der Waals surface area contributed by atoms with Gasteiger partial charge in [0.2, 0.25) is 5.91 Å². The third-order valence-corrected chi connectivity index (χ3v) is 5.15. The first kappa shape index (κ1) is 19.1. The number of aryl methyl sites for hydroxylation is 2. The van der Waals surface area contributed by atoms with Gasteiger partial charge in [-0.15, -0.1) is 11.3 Å².